The molecule has 1 heterocycles. The number of hydrogen-bond donors (Lipinski definition) is 1. The molecule has 0 aromatic heterocycles. The van der Waals surface area contributed by atoms with Gasteiger partial charge in [-0.3, -0.25) is 0 Å². The number of rotatable bonds is 4. The minimum atomic E-state index is -3.67. The lowest BCUT2D eigenvalue weighted by molar-refractivity contribution is 0.0401. The van der Waals surface area contributed by atoms with E-state index in [2.05, 4.69) is 0 Å². The highest BCUT2D eigenvalue weighted by Crippen LogP contribution is 2.28. The van der Waals surface area contributed by atoms with Crippen molar-refractivity contribution in [2.24, 2.45) is 5.73 Å². The zero-order valence-electron chi connectivity index (χ0n) is 13.2. The van der Waals surface area contributed by atoms with Crippen LogP contribution in [0.5, 0.6) is 0 Å². The molecule has 23 heavy (non-hydrogen) atoms. The standard InChI is InChI=1S/C15H21N3O3S.ClH/c1-11-3-4-12(9-16)7-15(11)22(19,20)18-6-5-14(21-2)8-13(18)10-17;/h3-4,7,13-14H,5-6,8,10,17H2,1-2H3;1H. The largest absolute Gasteiger partial charge is 0.381 e. The van der Waals surface area contributed by atoms with Gasteiger partial charge in [0.25, 0.3) is 0 Å². The molecule has 0 spiro atoms. The second-order valence-electron chi connectivity index (χ2n) is 5.48. The molecule has 1 saturated heterocycles. The Kier molecular flexibility index (Phi) is 6.99. The number of hydrogen-bond acceptors (Lipinski definition) is 5. The zero-order chi connectivity index (χ0) is 16.3. The Labute approximate surface area is 143 Å². The summed E-state index contributed by atoms with van der Waals surface area (Å²) in [6.07, 6.45) is 1.26. The first-order valence-corrected chi connectivity index (χ1v) is 8.63. The highest BCUT2D eigenvalue weighted by molar-refractivity contribution is 7.89. The Morgan fingerprint density at radius 3 is 2.74 bits per heavy atom. The number of methoxy groups -OCH3 is 1. The summed E-state index contributed by atoms with van der Waals surface area (Å²) in [5.74, 6) is 0. The number of benzene rings is 1. The van der Waals surface area contributed by atoms with Crippen LogP contribution in [0.15, 0.2) is 23.1 Å². The van der Waals surface area contributed by atoms with Gasteiger partial charge in [0.1, 0.15) is 0 Å². The predicted molar refractivity (Wildman–Crippen MR) is 89.9 cm³/mol. The van der Waals surface area contributed by atoms with E-state index in [1.54, 1.807) is 26.2 Å². The Balaban J connectivity index is 0.00000264. The predicted octanol–water partition coefficient (Wildman–Crippen LogP) is 1.42. The van der Waals surface area contributed by atoms with E-state index in [1.807, 2.05) is 6.07 Å². The maximum absolute atomic E-state index is 13.0. The normalized spacial score (nSPS) is 22.2. The highest BCUT2D eigenvalue weighted by atomic mass is 35.5. The smallest absolute Gasteiger partial charge is 0.243 e. The van der Waals surface area contributed by atoms with Gasteiger partial charge in [-0.05, 0) is 37.5 Å². The second-order valence-corrected chi connectivity index (χ2v) is 7.34. The molecule has 0 radical (unpaired) electrons. The van der Waals surface area contributed by atoms with Crippen LogP contribution < -0.4 is 5.73 Å². The molecule has 8 heteroatoms. The fourth-order valence-electron chi connectivity index (χ4n) is 2.81. The number of halogens is 1. The summed E-state index contributed by atoms with van der Waals surface area (Å²) in [5, 5.41) is 9.00. The molecular weight excluding hydrogens is 338 g/mol. The van der Waals surface area contributed by atoms with Gasteiger partial charge in [-0.2, -0.15) is 9.57 Å². The van der Waals surface area contributed by atoms with Gasteiger partial charge in [0, 0.05) is 26.2 Å². The lowest BCUT2D eigenvalue weighted by Crippen LogP contribution is -2.51. The maximum atomic E-state index is 13.0. The molecule has 1 aliphatic heterocycles. The first kappa shape index (κ1) is 19.9. The number of piperidine rings is 1. The van der Waals surface area contributed by atoms with E-state index in [1.165, 1.54) is 10.4 Å². The van der Waals surface area contributed by atoms with E-state index >= 15 is 0 Å². The number of nitriles is 1. The molecule has 1 aromatic rings. The molecule has 2 atom stereocenters. The van der Waals surface area contributed by atoms with Gasteiger partial charge in [-0.25, -0.2) is 8.42 Å². The molecule has 2 N–H and O–H groups in total. The van der Waals surface area contributed by atoms with E-state index in [4.69, 9.17) is 15.7 Å². The third-order valence-electron chi connectivity index (χ3n) is 4.12. The van der Waals surface area contributed by atoms with Gasteiger partial charge >= 0.3 is 0 Å². The summed E-state index contributed by atoms with van der Waals surface area (Å²) in [4.78, 5) is 0.181. The molecule has 2 rings (SSSR count). The van der Waals surface area contributed by atoms with Crippen LogP contribution in [0.4, 0.5) is 0 Å². The van der Waals surface area contributed by atoms with Gasteiger partial charge in [0.15, 0.2) is 0 Å². The van der Waals surface area contributed by atoms with Crippen LogP contribution in [0, 0.1) is 18.3 Å². The highest BCUT2D eigenvalue weighted by Gasteiger charge is 2.36. The monoisotopic (exact) mass is 359 g/mol. The van der Waals surface area contributed by atoms with Gasteiger partial charge in [0.2, 0.25) is 10.0 Å². The van der Waals surface area contributed by atoms with E-state index in [-0.39, 0.29) is 36.0 Å². The molecule has 1 aromatic carbocycles. The SMILES string of the molecule is COC1CCN(S(=O)(=O)c2cc(C#N)ccc2C)C(CN)C1.Cl. The molecule has 0 amide bonds. The second kappa shape index (κ2) is 8.08. The van der Waals surface area contributed by atoms with Crippen molar-refractivity contribution in [1.82, 2.24) is 4.31 Å². The van der Waals surface area contributed by atoms with Crippen molar-refractivity contribution in [3.63, 3.8) is 0 Å². The van der Waals surface area contributed by atoms with Crippen LogP contribution >= 0.6 is 12.4 Å². The Morgan fingerprint density at radius 2 is 2.17 bits per heavy atom. The molecule has 128 valence electrons. The number of nitrogens with two attached hydrogens (primary N) is 1. The van der Waals surface area contributed by atoms with Crippen LogP contribution in [0.1, 0.15) is 24.0 Å². The number of ether oxygens (including phenoxy) is 1. The van der Waals surface area contributed by atoms with E-state index < -0.39 is 10.0 Å². The van der Waals surface area contributed by atoms with Gasteiger partial charge in [0.05, 0.1) is 22.6 Å². The summed E-state index contributed by atoms with van der Waals surface area (Å²) in [5.41, 5.74) is 6.73. The number of nitrogens with zero attached hydrogens (tertiary/aromatic N) is 2. The Bertz CT molecular complexity index is 688. The lowest BCUT2D eigenvalue weighted by atomic mass is 10.0. The number of aryl methyl sites for hydroxylation is 1. The third-order valence-corrected chi connectivity index (χ3v) is 6.22. The minimum absolute atomic E-state index is 0. The van der Waals surface area contributed by atoms with Crippen molar-refractivity contribution in [2.45, 2.75) is 36.8 Å². The molecule has 0 bridgehead atoms. The number of sulfonamides is 1. The van der Waals surface area contributed by atoms with Gasteiger partial charge < -0.3 is 10.5 Å². The molecule has 1 aliphatic rings. The first-order chi connectivity index (χ1) is 10.4. The quantitative estimate of drug-likeness (QED) is 0.876. The van der Waals surface area contributed by atoms with Crippen LogP contribution in [0.25, 0.3) is 0 Å². The summed E-state index contributed by atoms with van der Waals surface area (Å²) < 4.78 is 32.7. The van der Waals surface area contributed by atoms with E-state index in [0.717, 1.165) is 0 Å². The van der Waals surface area contributed by atoms with Crippen molar-refractivity contribution in [2.75, 3.05) is 20.2 Å². The molecular formula is C15H22ClN3O3S. The molecule has 0 aliphatic carbocycles. The van der Waals surface area contributed by atoms with Gasteiger partial charge in [-0.15, -0.1) is 12.4 Å². The average molecular weight is 360 g/mol. The lowest BCUT2D eigenvalue weighted by Gasteiger charge is -2.37. The van der Waals surface area contributed by atoms with Crippen molar-refractivity contribution < 1.29 is 13.2 Å². The van der Waals surface area contributed by atoms with Crippen LogP contribution in [0.3, 0.4) is 0 Å². The molecule has 0 saturated carbocycles. The average Bonchev–Trinajstić information content (AvgIpc) is 2.54. The van der Waals surface area contributed by atoms with Crippen LogP contribution in [-0.4, -0.2) is 45.1 Å². The topological polar surface area (TPSA) is 96.4 Å². The molecule has 6 nitrogen and oxygen atoms in total. The van der Waals surface area contributed by atoms with Crippen LogP contribution in [0.2, 0.25) is 0 Å². The van der Waals surface area contributed by atoms with E-state index in [0.29, 0.717) is 30.5 Å². The van der Waals surface area contributed by atoms with Crippen molar-refractivity contribution in [1.29, 1.82) is 5.26 Å². The first-order valence-electron chi connectivity index (χ1n) is 7.19. The molecule has 2 unspecified atom stereocenters. The zero-order valence-corrected chi connectivity index (χ0v) is 14.9. The molecule has 1 fully saturated rings. The van der Waals surface area contributed by atoms with Crippen molar-refractivity contribution in [3.8, 4) is 6.07 Å². The third kappa shape index (κ3) is 4.03. The van der Waals surface area contributed by atoms with E-state index in [9.17, 15) is 8.42 Å². The summed E-state index contributed by atoms with van der Waals surface area (Å²) in [6.45, 7) is 2.35. The Morgan fingerprint density at radius 1 is 1.48 bits per heavy atom. The van der Waals surface area contributed by atoms with Crippen molar-refractivity contribution in [3.05, 3.63) is 29.3 Å². The fraction of sp³-hybridized carbons (Fsp3) is 0.533. The van der Waals surface area contributed by atoms with Crippen molar-refractivity contribution >= 4 is 22.4 Å². The maximum Gasteiger partial charge on any atom is 0.243 e. The van der Waals surface area contributed by atoms with Gasteiger partial charge in [-0.1, -0.05) is 6.07 Å². The van der Waals surface area contributed by atoms with Crippen LogP contribution in [-0.2, 0) is 14.8 Å². The summed E-state index contributed by atoms with van der Waals surface area (Å²) in [6, 6.07) is 6.41. The fourth-order valence-corrected chi connectivity index (χ4v) is 4.72. The minimum Gasteiger partial charge on any atom is -0.381 e. The summed E-state index contributed by atoms with van der Waals surface area (Å²) >= 11 is 0. The Hall–Kier alpha value is -1.17. The summed E-state index contributed by atoms with van der Waals surface area (Å²) in [7, 11) is -2.04.